The summed E-state index contributed by atoms with van der Waals surface area (Å²) in [6.07, 6.45) is 0. The molecule has 0 bridgehead atoms. The number of hydrogen-bond acceptors (Lipinski definition) is 7. The number of carbonyl (C=O) groups is 1. The Kier molecular flexibility index (Phi) is 10.3. The lowest BCUT2D eigenvalue weighted by molar-refractivity contribution is -0.119. The lowest BCUT2D eigenvalue weighted by atomic mass is 10.2. The number of aromatic nitrogens is 3. The van der Waals surface area contributed by atoms with E-state index in [4.69, 9.17) is 4.74 Å². The number of benzene rings is 1. The van der Waals surface area contributed by atoms with Crippen LogP contribution in [-0.4, -0.2) is 72.0 Å². The van der Waals surface area contributed by atoms with Crippen molar-refractivity contribution in [3.8, 4) is 11.4 Å². The minimum Gasteiger partial charge on any atom is -0.383 e. The highest BCUT2D eigenvalue weighted by atomic mass is 32.2. The van der Waals surface area contributed by atoms with Gasteiger partial charge < -0.3 is 14.6 Å². The van der Waals surface area contributed by atoms with Crippen LogP contribution in [0.5, 0.6) is 0 Å². The van der Waals surface area contributed by atoms with Gasteiger partial charge in [0.25, 0.3) is 0 Å². The first kappa shape index (κ1) is 27.3. The van der Waals surface area contributed by atoms with E-state index in [0.717, 1.165) is 0 Å². The molecule has 1 N–H and O–H groups in total. The van der Waals surface area contributed by atoms with Crippen molar-refractivity contribution in [1.29, 1.82) is 0 Å². The van der Waals surface area contributed by atoms with Crippen LogP contribution < -0.4 is 5.32 Å². The van der Waals surface area contributed by atoms with Crippen molar-refractivity contribution in [1.82, 2.24) is 24.4 Å². The molecule has 1 aromatic heterocycles. The van der Waals surface area contributed by atoms with Crippen LogP contribution in [0.15, 0.2) is 34.3 Å². The van der Waals surface area contributed by atoms with Crippen LogP contribution in [0.3, 0.4) is 0 Å². The summed E-state index contributed by atoms with van der Waals surface area (Å²) in [4.78, 5) is 12.5. The van der Waals surface area contributed by atoms with Crippen molar-refractivity contribution in [3.05, 3.63) is 24.3 Å². The molecule has 1 heterocycles. The molecule has 0 aliphatic carbocycles. The largest absolute Gasteiger partial charge is 0.383 e. The van der Waals surface area contributed by atoms with Gasteiger partial charge in [-0.05, 0) is 25.0 Å². The molecule has 0 aliphatic heterocycles. The standard InChI is InChI=1S/C22H35N5O4S2/c1-7-26(8-2)33(29,30)19-11-9-10-18(12-19)21-24-25-22(27(21)13-16(3)4)32-15-20(28)23-17(5)14-31-6/h9-12,16-17H,7-8,13-15H2,1-6H3,(H,23,28). The van der Waals surface area contributed by atoms with Crippen molar-refractivity contribution in [2.45, 2.75) is 57.3 Å². The predicted molar refractivity (Wildman–Crippen MR) is 131 cm³/mol. The van der Waals surface area contributed by atoms with E-state index in [-0.39, 0.29) is 22.6 Å². The molecule has 2 rings (SSSR count). The fourth-order valence-electron chi connectivity index (χ4n) is 3.39. The third kappa shape index (κ3) is 7.26. The number of sulfonamides is 1. The zero-order chi connectivity index (χ0) is 24.6. The number of nitrogens with zero attached hydrogens (tertiary/aromatic N) is 4. The number of carbonyl (C=O) groups excluding carboxylic acids is 1. The topological polar surface area (TPSA) is 106 Å². The van der Waals surface area contributed by atoms with Crippen molar-refractivity contribution < 1.29 is 17.9 Å². The highest BCUT2D eigenvalue weighted by Gasteiger charge is 2.23. The van der Waals surface area contributed by atoms with Crippen molar-refractivity contribution in [3.63, 3.8) is 0 Å². The summed E-state index contributed by atoms with van der Waals surface area (Å²) in [7, 11) is -2.00. The van der Waals surface area contributed by atoms with E-state index in [1.165, 1.54) is 16.1 Å². The molecule has 1 atom stereocenters. The SMILES string of the molecule is CCN(CC)S(=O)(=O)c1cccc(-c2nnc(SCC(=O)NC(C)COC)n2CC(C)C)c1. The molecule has 184 valence electrons. The van der Waals surface area contributed by atoms with Crippen LogP contribution in [0.1, 0.15) is 34.6 Å². The van der Waals surface area contributed by atoms with Gasteiger partial charge in [0.2, 0.25) is 15.9 Å². The first-order chi connectivity index (χ1) is 15.6. The van der Waals surface area contributed by atoms with Crippen LogP contribution in [0, 0.1) is 5.92 Å². The summed E-state index contributed by atoms with van der Waals surface area (Å²) >= 11 is 1.30. The molecule has 2 aromatic rings. The zero-order valence-corrected chi connectivity index (χ0v) is 21.9. The van der Waals surface area contributed by atoms with Gasteiger partial charge in [-0.15, -0.1) is 10.2 Å². The summed E-state index contributed by atoms with van der Waals surface area (Å²) < 4.78 is 34.4. The highest BCUT2D eigenvalue weighted by molar-refractivity contribution is 7.99. The third-order valence-electron chi connectivity index (χ3n) is 4.86. The molecule has 11 heteroatoms. The molecular weight excluding hydrogens is 462 g/mol. The minimum atomic E-state index is -3.59. The molecule has 9 nitrogen and oxygen atoms in total. The number of thioether (sulfide) groups is 1. The Balaban J connectivity index is 2.33. The molecular formula is C22H35N5O4S2. The Morgan fingerprint density at radius 3 is 2.52 bits per heavy atom. The molecule has 0 saturated carbocycles. The number of rotatable bonds is 13. The lowest BCUT2D eigenvalue weighted by Gasteiger charge is -2.19. The molecule has 0 saturated heterocycles. The maximum Gasteiger partial charge on any atom is 0.243 e. The van der Waals surface area contributed by atoms with Gasteiger partial charge in [-0.3, -0.25) is 4.79 Å². The maximum absolute atomic E-state index is 13.0. The van der Waals surface area contributed by atoms with Crippen LogP contribution in [0.2, 0.25) is 0 Å². The predicted octanol–water partition coefficient (Wildman–Crippen LogP) is 2.87. The Morgan fingerprint density at radius 1 is 1.21 bits per heavy atom. The normalized spacial score (nSPS) is 13.0. The van der Waals surface area contributed by atoms with Crippen LogP contribution >= 0.6 is 11.8 Å². The van der Waals surface area contributed by atoms with E-state index in [9.17, 15) is 13.2 Å². The first-order valence-corrected chi connectivity index (χ1v) is 13.5. The second-order valence-corrected chi connectivity index (χ2v) is 11.0. The van der Waals surface area contributed by atoms with Crippen molar-refractivity contribution >= 4 is 27.7 Å². The molecule has 0 aliphatic rings. The zero-order valence-electron chi connectivity index (χ0n) is 20.2. The number of amides is 1. The summed E-state index contributed by atoms with van der Waals surface area (Å²) in [5.41, 5.74) is 0.668. The van der Waals surface area contributed by atoms with E-state index in [1.54, 1.807) is 25.3 Å². The minimum absolute atomic E-state index is 0.0808. The number of methoxy groups -OCH3 is 1. The Bertz CT molecular complexity index is 1020. The second-order valence-electron chi connectivity index (χ2n) is 8.14. The molecule has 1 aromatic carbocycles. The third-order valence-corrected chi connectivity index (χ3v) is 7.87. The summed E-state index contributed by atoms with van der Waals surface area (Å²) in [5, 5.41) is 12.1. The van der Waals surface area contributed by atoms with Gasteiger partial charge in [-0.25, -0.2) is 8.42 Å². The van der Waals surface area contributed by atoms with Gasteiger partial charge in [-0.1, -0.05) is 51.6 Å². The van der Waals surface area contributed by atoms with Gasteiger partial charge >= 0.3 is 0 Å². The Labute approximate surface area is 201 Å². The average molecular weight is 498 g/mol. The number of nitrogens with one attached hydrogen (secondary N) is 1. The fraction of sp³-hybridized carbons (Fsp3) is 0.591. The van der Waals surface area contributed by atoms with E-state index < -0.39 is 10.0 Å². The Morgan fingerprint density at radius 2 is 1.91 bits per heavy atom. The van der Waals surface area contributed by atoms with Gasteiger partial charge in [0, 0.05) is 38.3 Å². The monoisotopic (exact) mass is 497 g/mol. The summed E-state index contributed by atoms with van der Waals surface area (Å²) in [6.45, 7) is 11.6. The van der Waals surface area contributed by atoms with E-state index in [0.29, 0.717) is 48.7 Å². The van der Waals surface area contributed by atoms with E-state index in [1.807, 2.05) is 31.4 Å². The van der Waals surface area contributed by atoms with Gasteiger partial charge in [0.15, 0.2) is 11.0 Å². The van der Waals surface area contributed by atoms with E-state index in [2.05, 4.69) is 29.4 Å². The van der Waals surface area contributed by atoms with Gasteiger partial charge in [0.1, 0.15) is 0 Å². The average Bonchev–Trinajstić information content (AvgIpc) is 3.15. The smallest absolute Gasteiger partial charge is 0.243 e. The van der Waals surface area contributed by atoms with E-state index >= 15 is 0 Å². The Hall–Kier alpha value is -1.95. The second kappa shape index (κ2) is 12.5. The molecule has 0 radical (unpaired) electrons. The number of ether oxygens (including phenoxy) is 1. The molecule has 33 heavy (non-hydrogen) atoms. The van der Waals surface area contributed by atoms with Crippen molar-refractivity contribution in [2.75, 3.05) is 32.6 Å². The van der Waals surface area contributed by atoms with Crippen LogP contribution in [0.25, 0.3) is 11.4 Å². The lowest BCUT2D eigenvalue weighted by Crippen LogP contribution is -2.36. The summed E-state index contributed by atoms with van der Waals surface area (Å²) in [6, 6.07) is 6.71. The molecule has 1 amide bonds. The van der Waals surface area contributed by atoms with Crippen molar-refractivity contribution in [2.24, 2.45) is 5.92 Å². The number of hydrogen-bond donors (Lipinski definition) is 1. The van der Waals surface area contributed by atoms with Gasteiger partial charge in [-0.2, -0.15) is 4.31 Å². The molecule has 0 fully saturated rings. The molecule has 1 unspecified atom stereocenters. The maximum atomic E-state index is 13.0. The quantitative estimate of drug-likeness (QED) is 0.424. The molecule has 0 spiro atoms. The summed E-state index contributed by atoms with van der Waals surface area (Å²) in [5.74, 6) is 0.964. The highest BCUT2D eigenvalue weighted by Crippen LogP contribution is 2.27. The van der Waals surface area contributed by atoms with Crippen LogP contribution in [-0.2, 0) is 26.1 Å². The van der Waals surface area contributed by atoms with Crippen LogP contribution in [0.4, 0.5) is 0 Å². The van der Waals surface area contributed by atoms with Gasteiger partial charge in [0.05, 0.1) is 17.3 Å². The fourth-order valence-corrected chi connectivity index (χ4v) is 5.65. The first-order valence-electron chi connectivity index (χ1n) is 11.1.